The highest BCUT2D eigenvalue weighted by atomic mass is 32.2. The number of hydrogen-bond acceptors (Lipinski definition) is 5. The fraction of sp³-hybridized carbons (Fsp3) is 0.471. The van der Waals surface area contributed by atoms with E-state index in [2.05, 4.69) is 15.4 Å². The molecule has 0 saturated carbocycles. The van der Waals surface area contributed by atoms with Crippen LogP contribution >= 0.6 is 0 Å². The van der Waals surface area contributed by atoms with Crippen molar-refractivity contribution in [3.8, 4) is 0 Å². The molecule has 0 heterocycles. The minimum Gasteiger partial charge on any atom is -0.480 e. The summed E-state index contributed by atoms with van der Waals surface area (Å²) < 4.78 is 27.0. The van der Waals surface area contributed by atoms with Crippen molar-refractivity contribution in [3.05, 3.63) is 24.3 Å². The summed E-state index contributed by atoms with van der Waals surface area (Å²) in [5, 5.41) is 14.1. The maximum absolute atomic E-state index is 12.4. The van der Waals surface area contributed by atoms with E-state index in [0.717, 1.165) is 0 Å². The number of nitrogens with one attached hydrogen (secondary N) is 3. The molecule has 3 atom stereocenters. The van der Waals surface area contributed by atoms with Gasteiger partial charge in [-0.25, -0.2) is 13.2 Å². The molecule has 1 aromatic rings. The van der Waals surface area contributed by atoms with Crippen molar-refractivity contribution in [2.45, 2.75) is 51.1 Å². The quantitative estimate of drug-likeness (QED) is 0.487. The van der Waals surface area contributed by atoms with Crippen LogP contribution in [0, 0.1) is 5.92 Å². The van der Waals surface area contributed by atoms with E-state index in [0.29, 0.717) is 12.1 Å². The fourth-order valence-electron chi connectivity index (χ4n) is 2.24. The SMILES string of the molecule is CC[C@H](C)[C@H](NC(=O)C(C)NS(=O)(=O)c1ccc(NC(C)=O)cc1)C(=O)O. The zero-order chi connectivity index (χ0) is 20.8. The summed E-state index contributed by atoms with van der Waals surface area (Å²) in [6, 6.07) is 3.14. The largest absolute Gasteiger partial charge is 0.480 e. The minimum absolute atomic E-state index is 0.0898. The maximum Gasteiger partial charge on any atom is 0.326 e. The molecule has 0 aliphatic rings. The van der Waals surface area contributed by atoms with Gasteiger partial charge in [0.15, 0.2) is 0 Å². The van der Waals surface area contributed by atoms with Gasteiger partial charge in [-0.1, -0.05) is 20.3 Å². The molecule has 1 aromatic carbocycles. The molecule has 150 valence electrons. The number of carbonyl (C=O) groups excluding carboxylic acids is 2. The third-order valence-corrected chi connectivity index (χ3v) is 5.54. The van der Waals surface area contributed by atoms with Gasteiger partial charge in [-0.3, -0.25) is 9.59 Å². The molecule has 0 radical (unpaired) electrons. The fourth-order valence-corrected chi connectivity index (χ4v) is 3.44. The van der Waals surface area contributed by atoms with Crippen LogP contribution in [0.15, 0.2) is 29.2 Å². The zero-order valence-corrected chi connectivity index (χ0v) is 16.5. The number of aliphatic carboxylic acids is 1. The second kappa shape index (κ2) is 9.47. The summed E-state index contributed by atoms with van der Waals surface area (Å²) in [7, 11) is -4.00. The van der Waals surface area contributed by atoms with Gasteiger partial charge in [0.1, 0.15) is 6.04 Å². The summed E-state index contributed by atoms with van der Waals surface area (Å²) in [6.07, 6.45) is 0.540. The molecule has 0 spiro atoms. The Morgan fingerprint density at radius 3 is 2.11 bits per heavy atom. The molecule has 10 heteroatoms. The second-order valence-electron chi connectivity index (χ2n) is 6.26. The van der Waals surface area contributed by atoms with Crippen molar-refractivity contribution in [2.75, 3.05) is 5.32 Å². The van der Waals surface area contributed by atoms with E-state index in [4.69, 9.17) is 0 Å². The average Bonchev–Trinajstić information content (AvgIpc) is 2.58. The molecule has 2 amide bonds. The van der Waals surface area contributed by atoms with Gasteiger partial charge in [0.2, 0.25) is 21.8 Å². The van der Waals surface area contributed by atoms with Gasteiger partial charge < -0.3 is 15.7 Å². The highest BCUT2D eigenvalue weighted by Crippen LogP contribution is 2.15. The van der Waals surface area contributed by atoms with Gasteiger partial charge in [0, 0.05) is 12.6 Å². The number of benzene rings is 1. The van der Waals surface area contributed by atoms with Crippen LogP contribution < -0.4 is 15.4 Å². The summed E-state index contributed by atoms with van der Waals surface area (Å²) in [6.45, 7) is 6.14. The van der Waals surface area contributed by atoms with Crippen LogP contribution in [0.4, 0.5) is 5.69 Å². The molecule has 9 nitrogen and oxygen atoms in total. The lowest BCUT2D eigenvalue weighted by molar-refractivity contribution is -0.143. The Bertz CT molecular complexity index is 791. The number of carboxylic acid groups (broad SMARTS) is 1. The van der Waals surface area contributed by atoms with E-state index in [-0.39, 0.29) is 16.7 Å². The van der Waals surface area contributed by atoms with Crippen LogP contribution in [0.2, 0.25) is 0 Å². The Morgan fingerprint density at radius 1 is 1.11 bits per heavy atom. The molecule has 0 bridgehead atoms. The normalized spacial score (nSPS) is 14.7. The van der Waals surface area contributed by atoms with E-state index in [1.54, 1.807) is 13.8 Å². The number of amides is 2. The molecular formula is C17H25N3O6S. The molecule has 27 heavy (non-hydrogen) atoms. The van der Waals surface area contributed by atoms with Gasteiger partial charge in [-0.15, -0.1) is 0 Å². The van der Waals surface area contributed by atoms with E-state index >= 15 is 0 Å². The predicted molar refractivity (Wildman–Crippen MR) is 99.6 cm³/mol. The first kappa shape index (κ1) is 22.6. The van der Waals surface area contributed by atoms with Gasteiger partial charge in [-0.2, -0.15) is 4.72 Å². The van der Waals surface area contributed by atoms with Gasteiger partial charge in [0.25, 0.3) is 0 Å². The van der Waals surface area contributed by atoms with Gasteiger partial charge in [-0.05, 0) is 37.1 Å². The van der Waals surface area contributed by atoms with Gasteiger partial charge in [0.05, 0.1) is 10.9 Å². The van der Waals surface area contributed by atoms with E-state index in [9.17, 15) is 27.9 Å². The van der Waals surface area contributed by atoms with Crippen molar-refractivity contribution in [3.63, 3.8) is 0 Å². The van der Waals surface area contributed by atoms with Crippen molar-refractivity contribution in [1.29, 1.82) is 0 Å². The van der Waals surface area contributed by atoms with E-state index < -0.39 is 34.0 Å². The number of rotatable bonds is 9. The number of hydrogen-bond donors (Lipinski definition) is 4. The first-order valence-corrected chi connectivity index (χ1v) is 9.89. The van der Waals surface area contributed by atoms with Crippen LogP contribution in [-0.2, 0) is 24.4 Å². The molecule has 1 unspecified atom stereocenters. The number of carbonyl (C=O) groups is 3. The van der Waals surface area contributed by atoms with E-state index in [1.807, 2.05) is 0 Å². The van der Waals surface area contributed by atoms with Crippen molar-refractivity contribution >= 4 is 33.5 Å². The van der Waals surface area contributed by atoms with Crippen molar-refractivity contribution in [2.24, 2.45) is 5.92 Å². The monoisotopic (exact) mass is 399 g/mol. The Balaban J connectivity index is 2.84. The summed E-state index contributed by atoms with van der Waals surface area (Å²) in [4.78, 5) is 34.4. The van der Waals surface area contributed by atoms with Crippen molar-refractivity contribution in [1.82, 2.24) is 10.0 Å². The lowest BCUT2D eigenvalue weighted by Gasteiger charge is -2.22. The summed E-state index contributed by atoms with van der Waals surface area (Å²) in [5.74, 6) is -2.51. The van der Waals surface area contributed by atoms with Crippen LogP contribution in [0.1, 0.15) is 34.1 Å². The minimum atomic E-state index is -4.00. The average molecular weight is 399 g/mol. The molecule has 0 aliphatic carbocycles. The topological polar surface area (TPSA) is 142 Å². The van der Waals surface area contributed by atoms with Gasteiger partial charge >= 0.3 is 5.97 Å². The molecule has 1 rings (SSSR count). The maximum atomic E-state index is 12.4. The lowest BCUT2D eigenvalue weighted by atomic mass is 9.99. The predicted octanol–water partition coefficient (Wildman–Crippen LogP) is 0.927. The second-order valence-corrected chi connectivity index (χ2v) is 7.97. The number of anilines is 1. The highest BCUT2D eigenvalue weighted by molar-refractivity contribution is 7.89. The Labute approximate surface area is 158 Å². The smallest absolute Gasteiger partial charge is 0.326 e. The van der Waals surface area contributed by atoms with E-state index in [1.165, 1.54) is 38.1 Å². The Morgan fingerprint density at radius 2 is 1.67 bits per heavy atom. The van der Waals surface area contributed by atoms with Crippen LogP contribution in [-0.4, -0.2) is 43.4 Å². The number of sulfonamides is 1. The Kier molecular flexibility index (Phi) is 7.92. The first-order valence-electron chi connectivity index (χ1n) is 8.41. The first-order chi connectivity index (χ1) is 12.5. The molecule has 0 saturated heterocycles. The highest BCUT2D eigenvalue weighted by Gasteiger charge is 2.29. The van der Waals surface area contributed by atoms with Crippen LogP contribution in [0.25, 0.3) is 0 Å². The summed E-state index contributed by atoms with van der Waals surface area (Å²) in [5.41, 5.74) is 0.435. The number of carboxylic acids is 1. The lowest BCUT2D eigenvalue weighted by Crippen LogP contribution is -2.52. The standard InChI is InChI=1S/C17H25N3O6S/c1-5-10(2)15(17(23)24)19-16(22)11(3)20-27(25,26)14-8-6-13(7-9-14)18-12(4)21/h6-11,15,20H,5H2,1-4H3,(H,18,21)(H,19,22)(H,23,24)/t10-,11?,15-/m0/s1. The van der Waals surface area contributed by atoms with Crippen LogP contribution in [0.3, 0.4) is 0 Å². The summed E-state index contributed by atoms with van der Waals surface area (Å²) >= 11 is 0. The molecule has 0 fully saturated rings. The van der Waals surface area contributed by atoms with Crippen molar-refractivity contribution < 1.29 is 27.9 Å². The third kappa shape index (κ3) is 6.65. The molecule has 0 aromatic heterocycles. The molecule has 0 aliphatic heterocycles. The zero-order valence-electron chi connectivity index (χ0n) is 15.6. The molecular weight excluding hydrogens is 374 g/mol. The third-order valence-electron chi connectivity index (χ3n) is 3.99. The van der Waals surface area contributed by atoms with Crippen LogP contribution in [0.5, 0.6) is 0 Å². The molecule has 4 N–H and O–H groups in total. The Hall–Kier alpha value is -2.46.